The molecule has 1 aliphatic rings. The summed E-state index contributed by atoms with van der Waals surface area (Å²) in [6.07, 6.45) is 4.79. The van der Waals surface area contributed by atoms with Gasteiger partial charge in [0.15, 0.2) is 0 Å². The molecule has 1 nitrogen and oxygen atoms in total. The van der Waals surface area contributed by atoms with E-state index in [9.17, 15) is 0 Å². The Balaban J connectivity index is 1.99. The van der Waals surface area contributed by atoms with Gasteiger partial charge in [-0.3, -0.25) is 0 Å². The first-order valence-corrected chi connectivity index (χ1v) is 6.68. The molecule has 2 heterocycles. The summed E-state index contributed by atoms with van der Waals surface area (Å²) in [6, 6.07) is 8.66. The fourth-order valence-electron chi connectivity index (χ4n) is 2.22. The highest BCUT2D eigenvalue weighted by Gasteiger charge is 2.06. The van der Waals surface area contributed by atoms with Crippen LogP contribution in [0, 0.1) is 0 Å². The van der Waals surface area contributed by atoms with Gasteiger partial charge in [-0.05, 0) is 48.3 Å². The lowest BCUT2D eigenvalue weighted by molar-refractivity contribution is 0.613. The third kappa shape index (κ3) is 1.91. The van der Waals surface area contributed by atoms with Gasteiger partial charge in [0.2, 0.25) is 0 Å². The quantitative estimate of drug-likeness (QED) is 0.786. The number of hydrogen-bond acceptors (Lipinski definition) is 2. The van der Waals surface area contributed by atoms with Crippen LogP contribution < -0.4 is 5.32 Å². The standard InChI is InChI=1S/C14H15NS/c1-2-4-14-13(3-1)12(10-16-14)9-11-5-7-15-8-6-11/h1-4,9-10,15H,5-8H2. The molecule has 82 valence electrons. The normalized spacial score (nSPS) is 16.6. The van der Waals surface area contributed by atoms with Crippen molar-refractivity contribution in [1.82, 2.24) is 5.32 Å². The zero-order valence-electron chi connectivity index (χ0n) is 9.20. The highest BCUT2D eigenvalue weighted by Crippen LogP contribution is 2.28. The minimum Gasteiger partial charge on any atom is -0.316 e. The van der Waals surface area contributed by atoms with Gasteiger partial charge in [0, 0.05) is 4.70 Å². The van der Waals surface area contributed by atoms with Gasteiger partial charge in [-0.1, -0.05) is 29.8 Å². The monoisotopic (exact) mass is 229 g/mol. The molecule has 0 spiro atoms. The van der Waals surface area contributed by atoms with Gasteiger partial charge >= 0.3 is 0 Å². The van der Waals surface area contributed by atoms with E-state index in [2.05, 4.69) is 41.0 Å². The fraction of sp³-hybridized carbons (Fsp3) is 0.286. The Kier molecular flexibility index (Phi) is 2.77. The van der Waals surface area contributed by atoms with Crippen LogP contribution in [0.1, 0.15) is 18.4 Å². The first-order chi connectivity index (χ1) is 7.93. The molecule has 0 amide bonds. The van der Waals surface area contributed by atoms with E-state index >= 15 is 0 Å². The molecular weight excluding hydrogens is 214 g/mol. The van der Waals surface area contributed by atoms with Gasteiger partial charge in [-0.15, -0.1) is 11.3 Å². The van der Waals surface area contributed by atoms with E-state index in [1.54, 1.807) is 5.57 Å². The molecule has 3 rings (SSSR count). The zero-order chi connectivity index (χ0) is 10.8. The van der Waals surface area contributed by atoms with Crippen molar-refractivity contribution < 1.29 is 0 Å². The summed E-state index contributed by atoms with van der Waals surface area (Å²) in [5, 5.41) is 7.07. The van der Waals surface area contributed by atoms with Crippen LogP contribution >= 0.6 is 11.3 Å². The highest BCUT2D eigenvalue weighted by atomic mass is 32.1. The largest absolute Gasteiger partial charge is 0.316 e. The van der Waals surface area contributed by atoms with Gasteiger partial charge < -0.3 is 5.32 Å². The van der Waals surface area contributed by atoms with E-state index < -0.39 is 0 Å². The SMILES string of the molecule is C(=C1CCNCC1)c1csc2ccccc12. The van der Waals surface area contributed by atoms with Crippen LogP contribution in [0.2, 0.25) is 0 Å². The first-order valence-electron chi connectivity index (χ1n) is 5.80. The van der Waals surface area contributed by atoms with E-state index in [-0.39, 0.29) is 0 Å². The van der Waals surface area contributed by atoms with E-state index in [1.165, 1.54) is 28.5 Å². The fourth-order valence-corrected chi connectivity index (χ4v) is 3.14. The summed E-state index contributed by atoms with van der Waals surface area (Å²) in [7, 11) is 0. The Bertz CT molecular complexity index is 516. The highest BCUT2D eigenvalue weighted by molar-refractivity contribution is 7.17. The number of hydrogen-bond donors (Lipinski definition) is 1. The molecule has 1 aromatic heterocycles. The lowest BCUT2D eigenvalue weighted by atomic mass is 10.0. The van der Waals surface area contributed by atoms with Crippen molar-refractivity contribution in [3.8, 4) is 0 Å². The summed E-state index contributed by atoms with van der Waals surface area (Å²) >= 11 is 1.84. The molecule has 2 heteroatoms. The third-order valence-corrected chi connectivity index (χ3v) is 4.10. The number of nitrogens with one attached hydrogen (secondary N) is 1. The van der Waals surface area contributed by atoms with Gasteiger partial charge in [0.05, 0.1) is 0 Å². The first kappa shape index (κ1) is 10.1. The average Bonchev–Trinajstić information content (AvgIpc) is 2.74. The molecule has 0 bridgehead atoms. The Labute approximate surface area is 99.8 Å². The lowest BCUT2D eigenvalue weighted by Crippen LogP contribution is -2.22. The van der Waals surface area contributed by atoms with Crippen molar-refractivity contribution in [2.24, 2.45) is 0 Å². The summed E-state index contributed by atoms with van der Waals surface area (Å²) in [5.74, 6) is 0. The van der Waals surface area contributed by atoms with Crippen LogP contribution in [0.5, 0.6) is 0 Å². The van der Waals surface area contributed by atoms with E-state index in [1.807, 2.05) is 11.3 Å². The minimum atomic E-state index is 1.13. The van der Waals surface area contributed by atoms with Gasteiger partial charge in [0.1, 0.15) is 0 Å². The van der Waals surface area contributed by atoms with Gasteiger partial charge in [0.25, 0.3) is 0 Å². The molecule has 0 saturated carbocycles. The van der Waals surface area contributed by atoms with Crippen molar-refractivity contribution >= 4 is 27.5 Å². The maximum Gasteiger partial charge on any atom is 0.0348 e. The zero-order valence-corrected chi connectivity index (χ0v) is 10.0. The maximum absolute atomic E-state index is 3.39. The Morgan fingerprint density at radius 1 is 1.12 bits per heavy atom. The number of thiophene rings is 1. The van der Waals surface area contributed by atoms with E-state index in [0.717, 1.165) is 13.1 Å². The molecule has 1 N–H and O–H groups in total. The minimum absolute atomic E-state index is 1.13. The summed E-state index contributed by atoms with van der Waals surface area (Å²) in [5.41, 5.74) is 2.99. The molecule has 1 aromatic carbocycles. The molecule has 16 heavy (non-hydrogen) atoms. The van der Waals surface area contributed by atoms with Crippen LogP contribution in [0.4, 0.5) is 0 Å². The van der Waals surface area contributed by atoms with Crippen LogP contribution in [-0.4, -0.2) is 13.1 Å². The number of fused-ring (bicyclic) bond motifs is 1. The number of benzene rings is 1. The van der Waals surface area contributed by atoms with Crippen molar-refractivity contribution in [1.29, 1.82) is 0 Å². The van der Waals surface area contributed by atoms with E-state index in [4.69, 9.17) is 0 Å². The second-order valence-electron chi connectivity index (χ2n) is 4.24. The van der Waals surface area contributed by atoms with Crippen LogP contribution in [0.3, 0.4) is 0 Å². The molecular formula is C14H15NS. The lowest BCUT2D eigenvalue weighted by Gasteiger charge is -2.14. The number of rotatable bonds is 1. The smallest absolute Gasteiger partial charge is 0.0348 e. The van der Waals surface area contributed by atoms with Crippen molar-refractivity contribution in [2.45, 2.75) is 12.8 Å². The molecule has 1 saturated heterocycles. The summed E-state index contributed by atoms with van der Waals surface area (Å²) in [4.78, 5) is 0. The Morgan fingerprint density at radius 2 is 1.94 bits per heavy atom. The molecule has 0 atom stereocenters. The average molecular weight is 229 g/mol. The molecule has 1 fully saturated rings. The van der Waals surface area contributed by atoms with Crippen LogP contribution in [0.25, 0.3) is 16.2 Å². The second kappa shape index (κ2) is 4.40. The Hall–Kier alpha value is -1.12. The van der Waals surface area contributed by atoms with Gasteiger partial charge in [-0.2, -0.15) is 0 Å². The topological polar surface area (TPSA) is 12.0 Å². The molecule has 0 radical (unpaired) electrons. The molecule has 1 aliphatic heterocycles. The number of piperidine rings is 1. The Morgan fingerprint density at radius 3 is 2.81 bits per heavy atom. The third-order valence-electron chi connectivity index (χ3n) is 3.12. The maximum atomic E-state index is 3.39. The summed E-state index contributed by atoms with van der Waals surface area (Å²) < 4.78 is 1.39. The predicted octanol–water partition coefficient (Wildman–Crippen LogP) is 3.67. The predicted molar refractivity (Wildman–Crippen MR) is 71.9 cm³/mol. The van der Waals surface area contributed by atoms with Crippen LogP contribution in [0.15, 0.2) is 35.2 Å². The van der Waals surface area contributed by atoms with E-state index in [0.29, 0.717) is 0 Å². The molecule has 2 aromatic rings. The molecule has 0 aliphatic carbocycles. The molecule has 0 unspecified atom stereocenters. The van der Waals surface area contributed by atoms with Crippen LogP contribution in [-0.2, 0) is 0 Å². The second-order valence-corrected chi connectivity index (χ2v) is 5.15. The summed E-state index contributed by atoms with van der Waals surface area (Å²) in [6.45, 7) is 2.27. The van der Waals surface area contributed by atoms with Crippen molar-refractivity contribution in [2.75, 3.05) is 13.1 Å². The van der Waals surface area contributed by atoms with Gasteiger partial charge in [-0.25, -0.2) is 0 Å². The van der Waals surface area contributed by atoms with Crippen molar-refractivity contribution in [3.63, 3.8) is 0 Å². The van der Waals surface area contributed by atoms with Crippen molar-refractivity contribution in [3.05, 3.63) is 40.8 Å².